The van der Waals surface area contributed by atoms with Gasteiger partial charge in [0.15, 0.2) is 11.5 Å². The smallest absolute Gasteiger partial charge is 0.354 e. The van der Waals surface area contributed by atoms with Gasteiger partial charge in [0.25, 0.3) is 0 Å². The quantitative estimate of drug-likeness (QED) is 0.750. The number of anilines is 2. The number of nitrogens with zero attached hydrogens (tertiary/aromatic N) is 1. The van der Waals surface area contributed by atoms with Gasteiger partial charge < -0.3 is 20.9 Å². The first kappa shape index (κ1) is 12.6. The first-order chi connectivity index (χ1) is 8.50. The van der Waals surface area contributed by atoms with Crippen LogP contribution in [0.5, 0.6) is 0 Å². The highest BCUT2D eigenvalue weighted by Gasteiger charge is 2.28. The van der Waals surface area contributed by atoms with Crippen molar-refractivity contribution in [3.63, 3.8) is 0 Å². The molecule has 0 atom stereocenters. The highest BCUT2D eigenvalue weighted by molar-refractivity contribution is 5.86. The summed E-state index contributed by atoms with van der Waals surface area (Å²) in [5, 5.41) is 12.2. The van der Waals surface area contributed by atoms with Crippen molar-refractivity contribution in [1.29, 1.82) is 0 Å². The van der Waals surface area contributed by atoms with Crippen LogP contribution in [0.4, 0.5) is 11.5 Å². The maximum absolute atomic E-state index is 10.9. The summed E-state index contributed by atoms with van der Waals surface area (Å²) in [4.78, 5) is 14.9. The maximum Gasteiger partial charge on any atom is 0.354 e. The predicted octanol–water partition coefficient (Wildman–Crippen LogP) is 1.34. The van der Waals surface area contributed by atoms with Gasteiger partial charge in [-0.1, -0.05) is 0 Å². The van der Waals surface area contributed by atoms with E-state index >= 15 is 0 Å². The zero-order valence-corrected chi connectivity index (χ0v) is 10.3. The number of carboxylic acid groups (broad SMARTS) is 1. The minimum Gasteiger partial charge on any atom is -0.477 e. The van der Waals surface area contributed by atoms with Crippen molar-refractivity contribution in [2.24, 2.45) is 0 Å². The summed E-state index contributed by atoms with van der Waals surface area (Å²) in [6.45, 7) is 3.42. The minimum absolute atomic E-state index is 0.0117. The number of carbonyl (C=O) groups is 1. The van der Waals surface area contributed by atoms with Crippen molar-refractivity contribution >= 4 is 17.5 Å². The lowest BCUT2D eigenvalue weighted by molar-refractivity contribution is 0.0654. The lowest BCUT2D eigenvalue weighted by Gasteiger charge is -2.35. The third-order valence-corrected chi connectivity index (χ3v) is 3.16. The normalized spacial score (nSPS) is 18.3. The zero-order chi connectivity index (χ0) is 13.2. The fourth-order valence-corrected chi connectivity index (χ4v) is 1.92. The molecule has 0 aliphatic carbocycles. The van der Waals surface area contributed by atoms with E-state index in [1.54, 1.807) is 6.07 Å². The third kappa shape index (κ3) is 2.70. The van der Waals surface area contributed by atoms with Crippen molar-refractivity contribution in [2.45, 2.75) is 25.3 Å². The second kappa shape index (κ2) is 4.81. The van der Waals surface area contributed by atoms with E-state index in [-0.39, 0.29) is 11.2 Å². The molecule has 1 aromatic rings. The molecule has 0 aromatic carbocycles. The number of rotatable bonds is 3. The lowest BCUT2D eigenvalue weighted by Crippen LogP contribution is -2.41. The molecule has 18 heavy (non-hydrogen) atoms. The van der Waals surface area contributed by atoms with Crippen molar-refractivity contribution in [2.75, 3.05) is 24.3 Å². The Balaban J connectivity index is 2.22. The van der Waals surface area contributed by atoms with E-state index in [0.29, 0.717) is 24.7 Å². The van der Waals surface area contributed by atoms with Gasteiger partial charge in [0, 0.05) is 18.8 Å². The molecular weight excluding hydrogens is 234 g/mol. The zero-order valence-electron chi connectivity index (χ0n) is 10.3. The van der Waals surface area contributed by atoms with Gasteiger partial charge in [-0.15, -0.1) is 0 Å². The van der Waals surface area contributed by atoms with Crippen LogP contribution in [0, 0.1) is 0 Å². The van der Waals surface area contributed by atoms with Crippen LogP contribution >= 0.6 is 0 Å². The fraction of sp³-hybridized carbons (Fsp3) is 0.500. The van der Waals surface area contributed by atoms with Crippen molar-refractivity contribution < 1.29 is 14.6 Å². The summed E-state index contributed by atoms with van der Waals surface area (Å²) in [7, 11) is 0. The molecule has 0 unspecified atom stereocenters. The van der Waals surface area contributed by atoms with Crippen LogP contribution < -0.4 is 11.1 Å². The summed E-state index contributed by atoms with van der Waals surface area (Å²) in [6, 6.07) is 2.95. The molecular formula is C12H17N3O3. The molecule has 2 rings (SSSR count). The molecule has 6 heteroatoms. The number of pyridine rings is 1. The van der Waals surface area contributed by atoms with E-state index < -0.39 is 5.97 Å². The SMILES string of the molecule is CC1(Nc2nc(C(=O)O)ccc2N)CCOCC1. The Labute approximate surface area is 105 Å². The summed E-state index contributed by atoms with van der Waals surface area (Å²) in [6.07, 6.45) is 1.68. The Morgan fingerprint density at radius 2 is 2.17 bits per heavy atom. The first-order valence-corrected chi connectivity index (χ1v) is 5.86. The highest BCUT2D eigenvalue weighted by Crippen LogP contribution is 2.27. The molecule has 0 amide bonds. The Bertz CT molecular complexity index is 456. The van der Waals surface area contributed by atoms with E-state index in [4.69, 9.17) is 15.6 Å². The van der Waals surface area contributed by atoms with Crippen LogP contribution in [0.2, 0.25) is 0 Å². The van der Waals surface area contributed by atoms with Gasteiger partial charge in [-0.3, -0.25) is 0 Å². The van der Waals surface area contributed by atoms with Crippen molar-refractivity contribution in [1.82, 2.24) is 4.98 Å². The van der Waals surface area contributed by atoms with Crippen LogP contribution in [0.25, 0.3) is 0 Å². The molecule has 1 aliphatic rings. The largest absolute Gasteiger partial charge is 0.477 e. The summed E-state index contributed by atoms with van der Waals surface area (Å²) in [5.41, 5.74) is 6.10. The van der Waals surface area contributed by atoms with Gasteiger partial charge in [-0.2, -0.15) is 0 Å². The molecule has 1 aromatic heterocycles. The topological polar surface area (TPSA) is 97.5 Å². The van der Waals surface area contributed by atoms with Crippen molar-refractivity contribution in [3.8, 4) is 0 Å². The number of carboxylic acids is 1. The van der Waals surface area contributed by atoms with E-state index in [1.807, 2.05) is 0 Å². The highest BCUT2D eigenvalue weighted by atomic mass is 16.5. The molecule has 6 nitrogen and oxygen atoms in total. The number of nitrogens with one attached hydrogen (secondary N) is 1. The Morgan fingerprint density at radius 1 is 1.50 bits per heavy atom. The molecule has 4 N–H and O–H groups in total. The summed E-state index contributed by atoms with van der Waals surface area (Å²) in [5.74, 6) is -0.630. The van der Waals surface area contributed by atoms with E-state index in [2.05, 4.69) is 17.2 Å². The molecule has 98 valence electrons. The lowest BCUT2D eigenvalue weighted by atomic mass is 9.92. The molecule has 1 aliphatic heterocycles. The number of ether oxygens (including phenoxy) is 1. The minimum atomic E-state index is -1.06. The van der Waals surface area contributed by atoms with Gasteiger partial charge in [0.2, 0.25) is 0 Å². The molecule has 1 saturated heterocycles. The van der Waals surface area contributed by atoms with Crippen LogP contribution in [0.1, 0.15) is 30.3 Å². The average Bonchev–Trinajstić information content (AvgIpc) is 2.32. The first-order valence-electron chi connectivity index (χ1n) is 5.86. The number of aromatic carboxylic acids is 1. The fourth-order valence-electron chi connectivity index (χ4n) is 1.92. The summed E-state index contributed by atoms with van der Waals surface area (Å²) >= 11 is 0. The van der Waals surface area contributed by atoms with E-state index in [9.17, 15) is 4.79 Å². The molecule has 0 saturated carbocycles. The van der Waals surface area contributed by atoms with Gasteiger partial charge in [-0.05, 0) is 31.9 Å². The van der Waals surface area contributed by atoms with Crippen LogP contribution in [-0.2, 0) is 4.74 Å². The van der Waals surface area contributed by atoms with Gasteiger partial charge >= 0.3 is 5.97 Å². The molecule has 0 spiro atoms. The number of nitrogen functional groups attached to an aromatic ring is 1. The third-order valence-electron chi connectivity index (χ3n) is 3.16. The maximum atomic E-state index is 10.9. The van der Waals surface area contributed by atoms with Gasteiger partial charge in [0.1, 0.15) is 0 Å². The van der Waals surface area contributed by atoms with Crippen LogP contribution in [-0.4, -0.2) is 34.8 Å². The standard InChI is InChI=1S/C12H17N3O3/c1-12(4-6-18-7-5-12)15-10-8(13)2-3-9(14-10)11(16)17/h2-3H,4-7,13H2,1H3,(H,14,15)(H,16,17). The van der Waals surface area contributed by atoms with Crippen molar-refractivity contribution in [3.05, 3.63) is 17.8 Å². The predicted molar refractivity (Wildman–Crippen MR) is 67.7 cm³/mol. The van der Waals surface area contributed by atoms with Crippen LogP contribution in [0.3, 0.4) is 0 Å². The van der Waals surface area contributed by atoms with E-state index in [0.717, 1.165) is 12.8 Å². The number of nitrogens with two attached hydrogens (primary N) is 1. The second-order valence-electron chi connectivity index (χ2n) is 4.74. The number of hydrogen-bond donors (Lipinski definition) is 3. The van der Waals surface area contributed by atoms with E-state index in [1.165, 1.54) is 6.07 Å². The Kier molecular flexibility index (Phi) is 3.38. The van der Waals surface area contributed by atoms with Gasteiger partial charge in [0.05, 0.1) is 5.69 Å². The molecule has 2 heterocycles. The summed E-state index contributed by atoms with van der Waals surface area (Å²) < 4.78 is 5.31. The Morgan fingerprint density at radius 3 is 2.78 bits per heavy atom. The molecule has 0 radical (unpaired) electrons. The number of hydrogen-bond acceptors (Lipinski definition) is 5. The average molecular weight is 251 g/mol. The Hall–Kier alpha value is -1.82. The molecule has 1 fully saturated rings. The van der Waals surface area contributed by atoms with Crippen LogP contribution in [0.15, 0.2) is 12.1 Å². The number of aromatic nitrogens is 1. The monoisotopic (exact) mass is 251 g/mol. The molecule has 0 bridgehead atoms. The second-order valence-corrected chi connectivity index (χ2v) is 4.74. The van der Waals surface area contributed by atoms with Gasteiger partial charge in [-0.25, -0.2) is 9.78 Å².